The van der Waals surface area contributed by atoms with Gasteiger partial charge in [0.1, 0.15) is 6.61 Å². The Morgan fingerprint density at radius 2 is 2.36 bits per heavy atom. The van der Waals surface area contributed by atoms with Gasteiger partial charge >= 0.3 is 0 Å². The first-order chi connectivity index (χ1) is 6.63. The van der Waals surface area contributed by atoms with Crippen LogP contribution in [-0.4, -0.2) is 32.9 Å². The molecule has 80 valence electrons. The van der Waals surface area contributed by atoms with Crippen molar-refractivity contribution in [1.82, 2.24) is 9.78 Å². The van der Waals surface area contributed by atoms with E-state index >= 15 is 0 Å². The average molecular weight is 263 g/mol. The Hall–Kier alpha value is -0.550. The predicted molar refractivity (Wildman–Crippen MR) is 57.9 cm³/mol. The third kappa shape index (κ3) is 3.31. The Morgan fingerprint density at radius 3 is 2.86 bits per heavy atom. The summed E-state index contributed by atoms with van der Waals surface area (Å²) >= 11 is 3.17. The summed E-state index contributed by atoms with van der Waals surface area (Å²) in [6.07, 6.45) is 3.00. The van der Waals surface area contributed by atoms with Crippen LogP contribution in [0.3, 0.4) is 0 Å². The fourth-order valence-corrected chi connectivity index (χ4v) is 1.10. The normalized spacial score (nSPS) is 13.2. The fourth-order valence-electron chi connectivity index (χ4n) is 0.915. The molecule has 0 spiro atoms. The molecule has 1 unspecified atom stereocenters. The number of rotatable bonds is 5. The Bertz CT molecular complexity index is 276. The van der Waals surface area contributed by atoms with E-state index in [1.165, 1.54) is 0 Å². The van der Waals surface area contributed by atoms with Crippen molar-refractivity contribution in [1.29, 1.82) is 0 Å². The lowest BCUT2D eigenvalue weighted by Gasteiger charge is -2.07. The maximum atomic E-state index is 9.24. The first-order valence-corrected chi connectivity index (χ1v) is 5.66. The minimum atomic E-state index is -0.475. The van der Waals surface area contributed by atoms with Crippen LogP contribution < -0.4 is 4.74 Å². The van der Waals surface area contributed by atoms with Gasteiger partial charge in [0.15, 0.2) is 5.75 Å². The summed E-state index contributed by atoms with van der Waals surface area (Å²) < 4.78 is 7.14. The molecular formula is C9H15BrN2O2. The van der Waals surface area contributed by atoms with E-state index in [4.69, 9.17) is 4.74 Å². The van der Waals surface area contributed by atoms with E-state index in [-0.39, 0.29) is 6.61 Å². The molecule has 4 nitrogen and oxygen atoms in total. The number of alkyl halides is 1. The highest BCUT2D eigenvalue weighted by Crippen LogP contribution is 2.12. The van der Waals surface area contributed by atoms with E-state index < -0.39 is 6.10 Å². The second-order valence-electron chi connectivity index (χ2n) is 3.37. The largest absolute Gasteiger partial charge is 0.488 e. The SMILES string of the molecule is CC(C)n1cc(OCC(O)CBr)cn1. The van der Waals surface area contributed by atoms with Crippen molar-refractivity contribution < 1.29 is 9.84 Å². The lowest BCUT2D eigenvalue weighted by Crippen LogP contribution is -2.18. The molecule has 1 aromatic rings. The molecule has 1 rings (SSSR count). The number of nitrogens with zero attached hydrogens (tertiary/aromatic N) is 2. The average Bonchev–Trinajstić information content (AvgIpc) is 2.62. The van der Waals surface area contributed by atoms with Crippen LogP contribution in [0.25, 0.3) is 0 Å². The maximum absolute atomic E-state index is 9.24. The molecule has 0 saturated carbocycles. The third-order valence-electron chi connectivity index (χ3n) is 1.73. The van der Waals surface area contributed by atoms with Crippen LogP contribution in [-0.2, 0) is 0 Å². The highest BCUT2D eigenvalue weighted by Gasteiger charge is 2.05. The van der Waals surface area contributed by atoms with E-state index in [0.29, 0.717) is 17.1 Å². The van der Waals surface area contributed by atoms with Crippen molar-refractivity contribution in [3.8, 4) is 5.75 Å². The number of hydrogen-bond acceptors (Lipinski definition) is 3. The minimum absolute atomic E-state index is 0.287. The van der Waals surface area contributed by atoms with E-state index in [1.54, 1.807) is 6.20 Å². The topological polar surface area (TPSA) is 47.3 Å². The number of ether oxygens (including phenoxy) is 1. The van der Waals surface area contributed by atoms with Gasteiger partial charge in [0.2, 0.25) is 0 Å². The summed E-state index contributed by atoms with van der Waals surface area (Å²) in [5, 5.41) is 13.9. The molecule has 5 heteroatoms. The molecule has 1 aromatic heterocycles. The summed E-state index contributed by atoms with van der Waals surface area (Å²) in [5.41, 5.74) is 0. The van der Waals surface area contributed by atoms with Crippen LogP contribution in [0.2, 0.25) is 0 Å². The Labute approximate surface area is 92.0 Å². The van der Waals surface area contributed by atoms with Gasteiger partial charge in [0.05, 0.1) is 18.5 Å². The van der Waals surface area contributed by atoms with Crippen molar-refractivity contribution >= 4 is 15.9 Å². The maximum Gasteiger partial charge on any atom is 0.157 e. The third-order valence-corrected chi connectivity index (χ3v) is 2.47. The van der Waals surface area contributed by atoms with Crippen LogP contribution in [0.1, 0.15) is 19.9 Å². The summed E-state index contributed by atoms with van der Waals surface area (Å²) in [6.45, 7) is 4.38. The second kappa shape index (κ2) is 5.36. The van der Waals surface area contributed by atoms with Gasteiger partial charge < -0.3 is 9.84 Å². The van der Waals surface area contributed by atoms with Gasteiger partial charge in [0.25, 0.3) is 0 Å². The molecule has 0 aliphatic heterocycles. The zero-order valence-electron chi connectivity index (χ0n) is 8.35. The van der Waals surface area contributed by atoms with Gasteiger partial charge in [-0.25, -0.2) is 0 Å². The van der Waals surface area contributed by atoms with Crippen molar-refractivity contribution in [2.45, 2.75) is 26.0 Å². The van der Waals surface area contributed by atoms with Crippen LogP contribution >= 0.6 is 15.9 Å². The minimum Gasteiger partial charge on any atom is -0.488 e. The van der Waals surface area contributed by atoms with Crippen LogP contribution in [0.5, 0.6) is 5.75 Å². The summed E-state index contributed by atoms with van der Waals surface area (Å²) in [6, 6.07) is 0.327. The fraction of sp³-hybridized carbons (Fsp3) is 0.667. The van der Waals surface area contributed by atoms with E-state index in [0.717, 1.165) is 0 Å². The first-order valence-electron chi connectivity index (χ1n) is 4.54. The Balaban J connectivity index is 2.44. The standard InChI is InChI=1S/C9H15BrN2O2/c1-7(2)12-5-9(4-11-12)14-6-8(13)3-10/h4-5,7-8,13H,3,6H2,1-2H3. The van der Waals surface area contributed by atoms with Crippen molar-refractivity contribution in [3.05, 3.63) is 12.4 Å². The Morgan fingerprint density at radius 1 is 1.64 bits per heavy atom. The molecule has 0 radical (unpaired) electrons. The Kier molecular flexibility index (Phi) is 4.41. The van der Waals surface area contributed by atoms with Gasteiger partial charge in [-0.1, -0.05) is 15.9 Å². The van der Waals surface area contributed by atoms with E-state index in [1.807, 2.05) is 24.7 Å². The van der Waals surface area contributed by atoms with E-state index in [9.17, 15) is 5.11 Å². The number of halogens is 1. The molecule has 0 fully saturated rings. The van der Waals surface area contributed by atoms with E-state index in [2.05, 4.69) is 21.0 Å². The lowest BCUT2D eigenvalue weighted by molar-refractivity contribution is 0.127. The van der Waals surface area contributed by atoms with Crippen molar-refractivity contribution in [2.24, 2.45) is 0 Å². The monoisotopic (exact) mass is 262 g/mol. The smallest absolute Gasteiger partial charge is 0.157 e. The van der Waals surface area contributed by atoms with Gasteiger partial charge in [-0.15, -0.1) is 0 Å². The second-order valence-corrected chi connectivity index (χ2v) is 4.02. The highest BCUT2D eigenvalue weighted by molar-refractivity contribution is 9.09. The molecule has 0 aliphatic rings. The number of aliphatic hydroxyl groups is 1. The van der Waals surface area contributed by atoms with Crippen LogP contribution in [0.15, 0.2) is 12.4 Å². The highest BCUT2D eigenvalue weighted by atomic mass is 79.9. The predicted octanol–water partition coefficient (Wildman–Crippen LogP) is 1.60. The molecule has 0 aromatic carbocycles. The van der Waals surface area contributed by atoms with Crippen LogP contribution in [0.4, 0.5) is 0 Å². The summed E-state index contributed by atoms with van der Waals surface area (Å²) in [4.78, 5) is 0. The lowest BCUT2D eigenvalue weighted by atomic mass is 10.4. The van der Waals surface area contributed by atoms with Gasteiger partial charge in [-0.05, 0) is 13.8 Å². The zero-order chi connectivity index (χ0) is 10.6. The van der Waals surface area contributed by atoms with Gasteiger partial charge in [0, 0.05) is 11.4 Å². The first kappa shape index (κ1) is 11.5. The molecule has 1 heterocycles. The molecule has 0 aliphatic carbocycles. The number of aliphatic hydroxyl groups excluding tert-OH is 1. The van der Waals surface area contributed by atoms with Crippen molar-refractivity contribution in [3.63, 3.8) is 0 Å². The molecule has 0 saturated heterocycles. The molecule has 1 N–H and O–H groups in total. The molecule has 0 bridgehead atoms. The van der Waals surface area contributed by atoms with Gasteiger partial charge in [-0.3, -0.25) is 4.68 Å². The summed E-state index contributed by atoms with van der Waals surface area (Å²) in [5.74, 6) is 0.693. The molecule has 14 heavy (non-hydrogen) atoms. The zero-order valence-corrected chi connectivity index (χ0v) is 9.94. The quantitative estimate of drug-likeness (QED) is 0.821. The van der Waals surface area contributed by atoms with Crippen molar-refractivity contribution in [2.75, 3.05) is 11.9 Å². The summed E-state index contributed by atoms with van der Waals surface area (Å²) in [7, 11) is 0. The van der Waals surface area contributed by atoms with Crippen LogP contribution in [0, 0.1) is 0 Å². The van der Waals surface area contributed by atoms with Gasteiger partial charge in [-0.2, -0.15) is 5.10 Å². The molecule has 0 amide bonds. The number of aromatic nitrogens is 2. The molecular weight excluding hydrogens is 248 g/mol. The number of hydrogen-bond donors (Lipinski definition) is 1. The molecule has 1 atom stereocenters.